The molecule has 0 amide bonds. The van der Waals surface area contributed by atoms with Gasteiger partial charge in [0.2, 0.25) is 0 Å². The van der Waals surface area contributed by atoms with Crippen LogP contribution in [0, 0.1) is 0 Å². The van der Waals surface area contributed by atoms with E-state index in [0.29, 0.717) is 30.5 Å². The molecular formula is C25H31NO3. The third kappa shape index (κ3) is 4.81. The fourth-order valence-corrected chi connectivity index (χ4v) is 4.41. The van der Waals surface area contributed by atoms with Crippen LogP contribution in [0.2, 0.25) is 0 Å². The first-order valence-corrected chi connectivity index (χ1v) is 10.5. The highest BCUT2D eigenvalue weighted by Crippen LogP contribution is 2.42. The van der Waals surface area contributed by atoms with Crippen molar-refractivity contribution in [1.82, 2.24) is 0 Å². The number of hydrogen-bond donors (Lipinski definition) is 2. The van der Waals surface area contributed by atoms with Gasteiger partial charge in [-0.2, -0.15) is 0 Å². The number of aliphatic hydroxyl groups excluding tert-OH is 1. The molecule has 0 spiro atoms. The lowest BCUT2D eigenvalue weighted by atomic mass is 9.80. The molecule has 29 heavy (non-hydrogen) atoms. The van der Waals surface area contributed by atoms with Gasteiger partial charge >= 0.3 is 5.97 Å². The van der Waals surface area contributed by atoms with Gasteiger partial charge in [0.25, 0.3) is 0 Å². The highest BCUT2D eigenvalue weighted by atomic mass is 16.6. The van der Waals surface area contributed by atoms with E-state index < -0.39 is 11.6 Å². The molecule has 0 fully saturated rings. The zero-order valence-corrected chi connectivity index (χ0v) is 17.4. The van der Waals surface area contributed by atoms with Crippen molar-refractivity contribution < 1.29 is 14.6 Å². The maximum atomic E-state index is 13.1. The molecule has 1 aliphatic heterocycles. The van der Waals surface area contributed by atoms with Gasteiger partial charge in [0, 0.05) is 18.0 Å². The second-order valence-electron chi connectivity index (χ2n) is 7.98. The molecule has 0 bridgehead atoms. The van der Waals surface area contributed by atoms with Crippen LogP contribution in [0.15, 0.2) is 65.9 Å². The molecule has 4 heteroatoms. The van der Waals surface area contributed by atoms with Crippen LogP contribution in [0.4, 0.5) is 5.69 Å². The number of benzene rings is 2. The Hall–Kier alpha value is -2.75. The van der Waals surface area contributed by atoms with E-state index in [1.165, 1.54) is 5.56 Å². The highest BCUT2D eigenvalue weighted by Gasteiger charge is 2.43. The van der Waals surface area contributed by atoms with Gasteiger partial charge in [-0.25, -0.2) is 4.79 Å². The standard InChI is InChI=1S/C25H31NO3/c1-3-14-25(15-13-18-9-6-5-7-10-18)17-22(27)23(24(28)29-25)21(4-2)19-11-8-12-20(26)16-19/h5-12,16,21,27H,3-4,13-15,17,26H2,1-2H3/t21?,25-/m1/s1. The molecular weight excluding hydrogens is 362 g/mol. The van der Waals surface area contributed by atoms with Gasteiger partial charge in [0.05, 0.1) is 5.57 Å². The lowest BCUT2D eigenvalue weighted by Crippen LogP contribution is -2.41. The monoisotopic (exact) mass is 393 g/mol. The molecule has 3 rings (SSSR count). The van der Waals surface area contributed by atoms with Crippen LogP contribution in [-0.2, 0) is 16.0 Å². The fourth-order valence-electron chi connectivity index (χ4n) is 4.41. The first-order chi connectivity index (χ1) is 14.0. The van der Waals surface area contributed by atoms with E-state index in [1.807, 2.05) is 49.4 Å². The number of carbonyl (C=O) groups excluding carboxylic acids is 1. The summed E-state index contributed by atoms with van der Waals surface area (Å²) >= 11 is 0. The number of ether oxygens (including phenoxy) is 1. The van der Waals surface area contributed by atoms with Crippen LogP contribution in [-0.4, -0.2) is 16.7 Å². The van der Waals surface area contributed by atoms with Crippen LogP contribution in [0.5, 0.6) is 0 Å². The van der Waals surface area contributed by atoms with Crippen LogP contribution >= 0.6 is 0 Å². The van der Waals surface area contributed by atoms with Crippen molar-refractivity contribution in [3.8, 4) is 0 Å². The number of anilines is 1. The number of cyclic esters (lactones) is 1. The molecule has 0 saturated carbocycles. The van der Waals surface area contributed by atoms with E-state index in [9.17, 15) is 9.90 Å². The number of carbonyl (C=O) groups is 1. The largest absolute Gasteiger partial charge is 0.512 e. The van der Waals surface area contributed by atoms with E-state index in [1.54, 1.807) is 0 Å². The molecule has 2 aromatic carbocycles. The molecule has 0 radical (unpaired) electrons. The minimum atomic E-state index is -0.650. The summed E-state index contributed by atoms with van der Waals surface area (Å²) in [5, 5.41) is 11.0. The zero-order valence-electron chi connectivity index (χ0n) is 17.4. The van der Waals surface area contributed by atoms with E-state index in [0.717, 1.165) is 24.8 Å². The Balaban J connectivity index is 1.87. The Morgan fingerprint density at radius 1 is 1.10 bits per heavy atom. The number of aliphatic hydroxyl groups is 1. The molecule has 1 aliphatic rings. The second-order valence-corrected chi connectivity index (χ2v) is 7.98. The normalized spacial score (nSPS) is 20.4. The Morgan fingerprint density at radius 2 is 1.86 bits per heavy atom. The van der Waals surface area contributed by atoms with E-state index >= 15 is 0 Å². The van der Waals surface area contributed by atoms with E-state index in [2.05, 4.69) is 19.1 Å². The van der Waals surface area contributed by atoms with Crippen LogP contribution in [0.3, 0.4) is 0 Å². The van der Waals surface area contributed by atoms with Crippen molar-refractivity contribution in [3.63, 3.8) is 0 Å². The summed E-state index contributed by atoms with van der Waals surface area (Å²) < 4.78 is 6.07. The predicted octanol–water partition coefficient (Wildman–Crippen LogP) is 5.69. The fraction of sp³-hybridized carbons (Fsp3) is 0.400. The zero-order chi connectivity index (χ0) is 20.9. The summed E-state index contributed by atoms with van der Waals surface area (Å²) in [6.45, 7) is 4.08. The number of nitrogen functional groups attached to an aromatic ring is 1. The Morgan fingerprint density at radius 3 is 2.48 bits per heavy atom. The molecule has 2 aromatic rings. The van der Waals surface area contributed by atoms with Crippen molar-refractivity contribution in [3.05, 3.63) is 77.1 Å². The molecule has 0 aromatic heterocycles. The average molecular weight is 394 g/mol. The summed E-state index contributed by atoms with van der Waals surface area (Å²) in [6.07, 6.45) is 4.18. The number of rotatable bonds is 8. The van der Waals surface area contributed by atoms with Gasteiger partial charge in [-0.1, -0.05) is 62.7 Å². The van der Waals surface area contributed by atoms with Gasteiger partial charge in [0.15, 0.2) is 0 Å². The van der Waals surface area contributed by atoms with Gasteiger partial charge in [0.1, 0.15) is 11.4 Å². The molecule has 3 N–H and O–H groups in total. The lowest BCUT2D eigenvalue weighted by molar-refractivity contribution is -0.161. The van der Waals surface area contributed by atoms with Crippen molar-refractivity contribution in [2.24, 2.45) is 0 Å². The molecule has 154 valence electrons. The van der Waals surface area contributed by atoms with Gasteiger partial charge in [-0.3, -0.25) is 0 Å². The number of esters is 1. The topological polar surface area (TPSA) is 72.5 Å². The molecule has 1 unspecified atom stereocenters. The summed E-state index contributed by atoms with van der Waals surface area (Å²) in [5.41, 5.74) is 8.45. The number of aryl methyl sites for hydroxylation is 1. The molecule has 0 saturated heterocycles. The third-order valence-electron chi connectivity index (χ3n) is 5.82. The lowest BCUT2D eigenvalue weighted by Gasteiger charge is -2.38. The molecule has 2 atom stereocenters. The first kappa shape index (κ1) is 21.0. The van der Waals surface area contributed by atoms with E-state index in [4.69, 9.17) is 10.5 Å². The Bertz CT molecular complexity index is 875. The highest BCUT2D eigenvalue weighted by molar-refractivity contribution is 5.92. The van der Waals surface area contributed by atoms with Crippen LogP contribution < -0.4 is 5.73 Å². The molecule has 1 heterocycles. The Labute approximate surface area is 173 Å². The SMILES string of the molecule is CCC[C@@]1(CCc2ccccc2)CC(O)=C(C(CC)c2cccc(N)c2)C(=O)O1. The van der Waals surface area contributed by atoms with Crippen molar-refractivity contribution in [2.45, 2.75) is 63.9 Å². The van der Waals surface area contributed by atoms with Crippen molar-refractivity contribution in [2.75, 3.05) is 5.73 Å². The smallest absolute Gasteiger partial charge is 0.338 e. The molecule has 0 aliphatic carbocycles. The van der Waals surface area contributed by atoms with E-state index in [-0.39, 0.29) is 11.7 Å². The third-order valence-corrected chi connectivity index (χ3v) is 5.82. The van der Waals surface area contributed by atoms with Gasteiger partial charge in [-0.15, -0.1) is 0 Å². The average Bonchev–Trinajstić information content (AvgIpc) is 2.70. The summed E-state index contributed by atoms with van der Waals surface area (Å²) in [7, 11) is 0. The van der Waals surface area contributed by atoms with Gasteiger partial charge in [-0.05, 0) is 48.9 Å². The maximum Gasteiger partial charge on any atom is 0.338 e. The minimum Gasteiger partial charge on any atom is -0.512 e. The number of hydrogen-bond acceptors (Lipinski definition) is 4. The second kappa shape index (κ2) is 9.17. The van der Waals surface area contributed by atoms with Gasteiger partial charge < -0.3 is 15.6 Å². The number of nitrogens with two attached hydrogens (primary N) is 1. The van der Waals surface area contributed by atoms with Crippen molar-refractivity contribution in [1.29, 1.82) is 0 Å². The summed E-state index contributed by atoms with van der Waals surface area (Å²) in [5.74, 6) is -0.457. The summed E-state index contributed by atoms with van der Waals surface area (Å²) in [4.78, 5) is 13.1. The minimum absolute atomic E-state index is 0.164. The first-order valence-electron chi connectivity index (χ1n) is 10.5. The summed E-state index contributed by atoms with van der Waals surface area (Å²) in [6, 6.07) is 17.7. The Kier molecular flexibility index (Phi) is 6.63. The van der Waals surface area contributed by atoms with Crippen molar-refractivity contribution >= 4 is 11.7 Å². The van der Waals surface area contributed by atoms with Crippen LogP contribution in [0.1, 0.15) is 63.0 Å². The van der Waals surface area contributed by atoms with Crippen LogP contribution in [0.25, 0.3) is 0 Å². The maximum absolute atomic E-state index is 13.1. The predicted molar refractivity (Wildman–Crippen MR) is 117 cm³/mol. The molecule has 4 nitrogen and oxygen atoms in total. The quantitative estimate of drug-likeness (QED) is 0.446.